The van der Waals surface area contributed by atoms with Gasteiger partial charge in [-0.25, -0.2) is 9.59 Å². The molecule has 0 rings (SSSR count). The van der Waals surface area contributed by atoms with E-state index in [4.69, 9.17) is 15.0 Å². The molecule has 0 aromatic heterocycles. The third-order valence-corrected chi connectivity index (χ3v) is 0.379. The number of methoxy groups -OCH3 is 1. The van der Waals surface area contributed by atoms with Crippen molar-refractivity contribution in [2.45, 2.75) is 6.43 Å². The predicted octanol–water partition coefficient (Wildman–Crippen LogP) is 0.647. The van der Waals surface area contributed by atoms with Crippen molar-refractivity contribution in [2.75, 3.05) is 7.11 Å². The molecule has 11 heavy (non-hydrogen) atoms. The zero-order valence-electron chi connectivity index (χ0n) is 5.45. The zero-order chi connectivity index (χ0) is 9.44. The Bertz CT molecular complexity index is 130. The van der Waals surface area contributed by atoms with Gasteiger partial charge in [-0.2, -0.15) is 8.78 Å². The van der Waals surface area contributed by atoms with Gasteiger partial charge in [0.25, 0.3) is 0 Å². The molecule has 0 unspecified atom stereocenters. The summed E-state index contributed by atoms with van der Waals surface area (Å²) in [6, 6.07) is 0. The standard InChI is InChI=1S/C3H4F2O2.CH2O3/c1-7-3(6)2(4)5;2-1(3)4/h2H,1H3;(H2,2,3,4). The highest BCUT2D eigenvalue weighted by Crippen LogP contribution is 1.92. The summed E-state index contributed by atoms with van der Waals surface area (Å²) in [5.74, 6) is -1.49. The minimum absolute atomic E-state index is 0.911. The van der Waals surface area contributed by atoms with Crippen molar-refractivity contribution in [1.29, 1.82) is 0 Å². The quantitative estimate of drug-likeness (QED) is 0.567. The Hall–Kier alpha value is -1.40. The topological polar surface area (TPSA) is 83.8 Å². The van der Waals surface area contributed by atoms with Crippen LogP contribution in [-0.4, -0.2) is 35.9 Å². The van der Waals surface area contributed by atoms with Gasteiger partial charge in [0.15, 0.2) is 0 Å². The fourth-order valence-corrected chi connectivity index (χ4v) is 0.0891. The second-order valence-electron chi connectivity index (χ2n) is 1.11. The van der Waals surface area contributed by atoms with Crippen molar-refractivity contribution in [3.05, 3.63) is 0 Å². The van der Waals surface area contributed by atoms with E-state index in [1.54, 1.807) is 0 Å². The Kier molecular flexibility index (Phi) is 7.51. The van der Waals surface area contributed by atoms with Crippen LogP contribution in [0.5, 0.6) is 0 Å². The van der Waals surface area contributed by atoms with Gasteiger partial charge in [0.1, 0.15) is 0 Å². The Morgan fingerprint density at radius 2 is 1.64 bits per heavy atom. The molecule has 0 atom stereocenters. The maximum Gasteiger partial charge on any atom is 0.503 e. The molecule has 0 saturated carbocycles. The van der Waals surface area contributed by atoms with E-state index in [2.05, 4.69) is 4.74 Å². The number of carboxylic acid groups (broad SMARTS) is 2. The summed E-state index contributed by atoms with van der Waals surface area (Å²) in [5.41, 5.74) is 0. The molecule has 0 aliphatic heterocycles. The highest BCUT2D eigenvalue weighted by molar-refractivity contribution is 5.72. The van der Waals surface area contributed by atoms with Crippen LogP contribution >= 0.6 is 0 Å². The van der Waals surface area contributed by atoms with E-state index in [1.165, 1.54) is 0 Å². The number of carbonyl (C=O) groups excluding carboxylic acids is 1. The molecule has 0 fully saturated rings. The molecule has 0 saturated heterocycles. The first-order valence-electron chi connectivity index (χ1n) is 2.19. The van der Waals surface area contributed by atoms with Crippen molar-refractivity contribution >= 4 is 12.1 Å². The molecule has 0 radical (unpaired) electrons. The van der Waals surface area contributed by atoms with Gasteiger partial charge in [0.05, 0.1) is 7.11 Å². The Morgan fingerprint density at radius 1 is 1.36 bits per heavy atom. The summed E-state index contributed by atoms with van der Waals surface area (Å²) in [6.45, 7) is 0. The number of halogens is 2. The molecular formula is C4H6F2O5. The van der Waals surface area contributed by atoms with Crippen LogP contribution in [0.25, 0.3) is 0 Å². The fourth-order valence-electron chi connectivity index (χ4n) is 0.0891. The summed E-state index contributed by atoms with van der Waals surface area (Å²) in [7, 11) is 0.911. The maximum absolute atomic E-state index is 11.0. The van der Waals surface area contributed by atoms with Gasteiger partial charge >= 0.3 is 18.6 Å². The number of hydrogen-bond acceptors (Lipinski definition) is 3. The van der Waals surface area contributed by atoms with Crippen LogP contribution in [-0.2, 0) is 9.53 Å². The van der Waals surface area contributed by atoms with E-state index in [-0.39, 0.29) is 0 Å². The third kappa shape index (κ3) is 17.7. The van der Waals surface area contributed by atoms with Gasteiger partial charge in [-0.1, -0.05) is 0 Å². The largest absolute Gasteiger partial charge is 0.503 e. The van der Waals surface area contributed by atoms with Gasteiger partial charge in [-0.3, -0.25) is 0 Å². The van der Waals surface area contributed by atoms with E-state index in [0.29, 0.717) is 0 Å². The van der Waals surface area contributed by atoms with Crippen molar-refractivity contribution < 1.29 is 33.3 Å². The summed E-state index contributed by atoms with van der Waals surface area (Å²) in [5, 5.41) is 13.9. The Balaban J connectivity index is 0. The van der Waals surface area contributed by atoms with Crippen LogP contribution in [0.1, 0.15) is 0 Å². The van der Waals surface area contributed by atoms with E-state index in [0.717, 1.165) is 7.11 Å². The third-order valence-electron chi connectivity index (χ3n) is 0.379. The lowest BCUT2D eigenvalue weighted by Crippen LogP contribution is -2.10. The van der Waals surface area contributed by atoms with E-state index < -0.39 is 18.6 Å². The number of ether oxygens (including phenoxy) is 1. The molecule has 0 bridgehead atoms. The molecule has 0 spiro atoms. The first kappa shape index (κ1) is 12.3. The average molecular weight is 172 g/mol. The highest BCUT2D eigenvalue weighted by atomic mass is 19.3. The van der Waals surface area contributed by atoms with E-state index in [9.17, 15) is 13.6 Å². The smallest absolute Gasteiger partial charge is 0.465 e. The molecule has 0 aromatic carbocycles. The number of hydrogen-bond donors (Lipinski definition) is 2. The number of esters is 1. The van der Waals surface area contributed by atoms with Crippen LogP contribution in [0.3, 0.4) is 0 Å². The summed E-state index contributed by atoms with van der Waals surface area (Å²) < 4.78 is 25.5. The number of carbonyl (C=O) groups is 2. The first-order chi connectivity index (χ1) is 4.91. The lowest BCUT2D eigenvalue weighted by atomic mass is 10.7. The Morgan fingerprint density at radius 3 is 1.64 bits per heavy atom. The minimum atomic E-state index is -3.00. The SMILES string of the molecule is COC(=O)C(F)F.O=C(O)O. The summed E-state index contributed by atoms with van der Waals surface area (Å²) in [6.07, 6.45) is -4.83. The summed E-state index contributed by atoms with van der Waals surface area (Å²) in [4.78, 5) is 18.1. The van der Waals surface area contributed by atoms with Crippen LogP contribution in [0.15, 0.2) is 0 Å². The van der Waals surface area contributed by atoms with Gasteiger partial charge in [0, 0.05) is 0 Å². The van der Waals surface area contributed by atoms with Gasteiger partial charge < -0.3 is 14.9 Å². The molecule has 0 amide bonds. The van der Waals surface area contributed by atoms with E-state index in [1.807, 2.05) is 0 Å². The minimum Gasteiger partial charge on any atom is -0.465 e. The lowest BCUT2D eigenvalue weighted by Gasteiger charge is -1.91. The highest BCUT2D eigenvalue weighted by Gasteiger charge is 2.13. The van der Waals surface area contributed by atoms with Gasteiger partial charge in [0.2, 0.25) is 0 Å². The van der Waals surface area contributed by atoms with Crippen molar-refractivity contribution in [3.63, 3.8) is 0 Å². The Labute approximate surface area is 60.2 Å². The lowest BCUT2D eigenvalue weighted by molar-refractivity contribution is -0.153. The molecule has 7 heteroatoms. The molecule has 5 nitrogen and oxygen atoms in total. The first-order valence-corrected chi connectivity index (χ1v) is 2.19. The van der Waals surface area contributed by atoms with Crippen molar-refractivity contribution in [2.24, 2.45) is 0 Å². The van der Waals surface area contributed by atoms with Crippen LogP contribution in [0, 0.1) is 0 Å². The predicted molar refractivity (Wildman–Crippen MR) is 28.7 cm³/mol. The second kappa shape index (κ2) is 6.72. The molecule has 0 aliphatic carbocycles. The molecule has 0 heterocycles. The number of alkyl halides is 2. The summed E-state index contributed by atoms with van der Waals surface area (Å²) >= 11 is 0. The molecule has 0 aromatic rings. The van der Waals surface area contributed by atoms with Gasteiger partial charge in [-0.15, -0.1) is 0 Å². The normalized spacial score (nSPS) is 8.00. The van der Waals surface area contributed by atoms with Crippen molar-refractivity contribution in [1.82, 2.24) is 0 Å². The van der Waals surface area contributed by atoms with Crippen LogP contribution < -0.4 is 0 Å². The van der Waals surface area contributed by atoms with Crippen molar-refractivity contribution in [3.8, 4) is 0 Å². The second-order valence-corrected chi connectivity index (χ2v) is 1.11. The average Bonchev–Trinajstić information content (AvgIpc) is 1.85. The van der Waals surface area contributed by atoms with Gasteiger partial charge in [-0.05, 0) is 0 Å². The van der Waals surface area contributed by atoms with E-state index >= 15 is 0 Å². The maximum atomic E-state index is 11.0. The molecule has 2 N–H and O–H groups in total. The molecule has 0 aliphatic rings. The zero-order valence-corrected chi connectivity index (χ0v) is 5.45. The fraction of sp³-hybridized carbons (Fsp3) is 0.500. The van der Waals surface area contributed by atoms with Crippen LogP contribution in [0.2, 0.25) is 0 Å². The monoisotopic (exact) mass is 172 g/mol. The molecule has 66 valence electrons. The molecular weight excluding hydrogens is 166 g/mol. The number of rotatable bonds is 1. The van der Waals surface area contributed by atoms with Crippen LogP contribution in [0.4, 0.5) is 13.6 Å².